The van der Waals surface area contributed by atoms with Gasteiger partial charge >= 0.3 is 0 Å². The predicted molar refractivity (Wildman–Crippen MR) is 67.8 cm³/mol. The predicted octanol–water partition coefficient (Wildman–Crippen LogP) is 1.37. The first-order valence-corrected chi connectivity index (χ1v) is 6.87. The molecule has 0 amide bonds. The van der Waals surface area contributed by atoms with Crippen molar-refractivity contribution in [3.05, 3.63) is 12.4 Å². The molecule has 0 aliphatic carbocycles. The number of aromatic nitrogens is 2. The monoisotopic (exact) mass is 238 g/mol. The van der Waals surface area contributed by atoms with Gasteiger partial charge in [0.2, 0.25) is 0 Å². The van der Waals surface area contributed by atoms with Crippen molar-refractivity contribution in [2.45, 2.75) is 17.9 Å². The maximum Gasteiger partial charge on any atom is 0.133 e. The molecule has 4 nitrogen and oxygen atoms in total. The fraction of sp³-hybridized carbons (Fsp3) is 0.636. The standard InChI is InChI=1S/C11H18N4S/c1-16-11-6-10(13-8-14-11)15-5-3-9(7-15)2-4-12/h6,8-9H,2-5,7,12H2,1H3. The Kier molecular flexibility index (Phi) is 4.01. The average molecular weight is 238 g/mol. The quantitative estimate of drug-likeness (QED) is 0.634. The van der Waals surface area contributed by atoms with Crippen LogP contribution in [-0.2, 0) is 0 Å². The Labute approximate surface area is 101 Å². The first-order chi connectivity index (χ1) is 7.83. The van der Waals surface area contributed by atoms with Gasteiger partial charge in [-0.2, -0.15) is 0 Å². The van der Waals surface area contributed by atoms with Crippen LogP contribution in [0.5, 0.6) is 0 Å². The molecule has 5 heteroatoms. The van der Waals surface area contributed by atoms with E-state index in [0.29, 0.717) is 0 Å². The highest BCUT2D eigenvalue weighted by molar-refractivity contribution is 7.98. The molecule has 2 rings (SSSR count). The third-order valence-corrected chi connectivity index (χ3v) is 3.66. The van der Waals surface area contributed by atoms with Crippen molar-refractivity contribution < 1.29 is 0 Å². The maximum absolute atomic E-state index is 5.59. The lowest BCUT2D eigenvalue weighted by Crippen LogP contribution is -2.21. The third-order valence-electron chi connectivity index (χ3n) is 3.02. The molecule has 0 bridgehead atoms. The smallest absolute Gasteiger partial charge is 0.133 e. The molecule has 16 heavy (non-hydrogen) atoms. The van der Waals surface area contributed by atoms with Gasteiger partial charge in [0.25, 0.3) is 0 Å². The summed E-state index contributed by atoms with van der Waals surface area (Å²) in [4.78, 5) is 10.9. The van der Waals surface area contributed by atoms with Gasteiger partial charge in [-0.1, -0.05) is 0 Å². The molecule has 0 spiro atoms. The molecule has 1 aliphatic rings. The van der Waals surface area contributed by atoms with Gasteiger partial charge in [-0.15, -0.1) is 11.8 Å². The van der Waals surface area contributed by atoms with Gasteiger partial charge in [0, 0.05) is 19.2 Å². The van der Waals surface area contributed by atoms with Crippen LogP contribution in [0.1, 0.15) is 12.8 Å². The molecule has 1 fully saturated rings. The highest BCUT2D eigenvalue weighted by Crippen LogP contribution is 2.25. The van der Waals surface area contributed by atoms with E-state index in [1.54, 1.807) is 18.1 Å². The molecule has 1 atom stereocenters. The van der Waals surface area contributed by atoms with E-state index in [9.17, 15) is 0 Å². The van der Waals surface area contributed by atoms with Gasteiger partial charge in [-0.25, -0.2) is 9.97 Å². The Balaban J connectivity index is 2.02. The fourth-order valence-electron chi connectivity index (χ4n) is 2.13. The zero-order chi connectivity index (χ0) is 11.4. The van der Waals surface area contributed by atoms with Gasteiger partial charge in [0.15, 0.2) is 0 Å². The Morgan fingerprint density at radius 3 is 3.19 bits per heavy atom. The molecular formula is C11H18N4S. The summed E-state index contributed by atoms with van der Waals surface area (Å²) >= 11 is 1.66. The summed E-state index contributed by atoms with van der Waals surface area (Å²) in [5.41, 5.74) is 5.59. The lowest BCUT2D eigenvalue weighted by molar-refractivity contribution is 0.546. The van der Waals surface area contributed by atoms with E-state index in [4.69, 9.17) is 5.73 Å². The van der Waals surface area contributed by atoms with Gasteiger partial charge in [-0.3, -0.25) is 0 Å². The van der Waals surface area contributed by atoms with E-state index >= 15 is 0 Å². The molecule has 2 N–H and O–H groups in total. The molecule has 0 aromatic carbocycles. The van der Waals surface area contributed by atoms with Crippen molar-refractivity contribution in [3.63, 3.8) is 0 Å². The van der Waals surface area contributed by atoms with E-state index in [2.05, 4.69) is 20.9 Å². The highest BCUT2D eigenvalue weighted by Gasteiger charge is 2.22. The number of nitrogens with two attached hydrogens (primary N) is 1. The molecule has 1 aromatic rings. The maximum atomic E-state index is 5.59. The molecule has 1 aromatic heterocycles. The van der Waals surface area contributed by atoms with Gasteiger partial charge in [-0.05, 0) is 31.6 Å². The van der Waals surface area contributed by atoms with Gasteiger partial charge < -0.3 is 10.6 Å². The van der Waals surface area contributed by atoms with E-state index in [1.807, 2.05) is 6.26 Å². The Morgan fingerprint density at radius 1 is 1.56 bits per heavy atom. The molecule has 0 radical (unpaired) electrons. The van der Waals surface area contributed by atoms with Crippen LogP contribution in [-0.4, -0.2) is 35.9 Å². The highest BCUT2D eigenvalue weighted by atomic mass is 32.2. The van der Waals surface area contributed by atoms with Crippen LogP contribution in [0.4, 0.5) is 5.82 Å². The first kappa shape index (κ1) is 11.7. The molecule has 88 valence electrons. The van der Waals surface area contributed by atoms with Gasteiger partial charge in [0.05, 0.1) is 0 Å². The largest absolute Gasteiger partial charge is 0.356 e. The van der Waals surface area contributed by atoms with Gasteiger partial charge in [0.1, 0.15) is 17.2 Å². The van der Waals surface area contributed by atoms with Crippen LogP contribution < -0.4 is 10.6 Å². The van der Waals surface area contributed by atoms with Crippen molar-refractivity contribution in [2.24, 2.45) is 11.7 Å². The van der Waals surface area contributed by atoms with Crippen molar-refractivity contribution in [2.75, 3.05) is 30.8 Å². The zero-order valence-electron chi connectivity index (χ0n) is 9.59. The number of anilines is 1. The number of hydrogen-bond acceptors (Lipinski definition) is 5. The van der Waals surface area contributed by atoms with Crippen molar-refractivity contribution in [1.82, 2.24) is 9.97 Å². The summed E-state index contributed by atoms with van der Waals surface area (Å²) in [5, 5.41) is 1.03. The van der Waals surface area contributed by atoms with Crippen LogP contribution in [0.3, 0.4) is 0 Å². The normalized spacial score (nSPS) is 20.4. The SMILES string of the molecule is CSc1cc(N2CCC(CCN)C2)ncn1. The summed E-state index contributed by atoms with van der Waals surface area (Å²) < 4.78 is 0. The van der Waals surface area contributed by atoms with Crippen LogP contribution in [0.25, 0.3) is 0 Å². The van der Waals surface area contributed by atoms with E-state index in [-0.39, 0.29) is 0 Å². The second-order valence-corrected chi connectivity index (χ2v) is 4.92. The number of thioether (sulfide) groups is 1. The topological polar surface area (TPSA) is 55.0 Å². The second kappa shape index (κ2) is 5.50. The molecule has 2 heterocycles. The van der Waals surface area contributed by atoms with Crippen LogP contribution in [0.2, 0.25) is 0 Å². The lowest BCUT2D eigenvalue weighted by atomic mass is 10.1. The van der Waals surface area contributed by atoms with E-state index < -0.39 is 0 Å². The zero-order valence-corrected chi connectivity index (χ0v) is 10.4. The van der Waals surface area contributed by atoms with Crippen molar-refractivity contribution >= 4 is 17.6 Å². The Hall–Kier alpha value is -0.810. The molecule has 1 aliphatic heterocycles. The van der Waals surface area contributed by atoms with E-state index in [1.165, 1.54) is 6.42 Å². The number of rotatable bonds is 4. The lowest BCUT2D eigenvalue weighted by Gasteiger charge is -2.17. The van der Waals surface area contributed by atoms with Crippen LogP contribution in [0, 0.1) is 5.92 Å². The minimum atomic E-state index is 0.734. The fourth-order valence-corrected chi connectivity index (χ4v) is 2.50. The van der Waals surface area contributed by atoms with E-state index in [0.717, 1.165) is 42.8 Å². The van der Waals surface area contributed by atoms with Crippen LogP contribution >= 0.6 is 11.8 Å². The molecular weight excluding hydrogens is 220 g/mol. The van der Waals surface area contributed by atoms with Crippen molar-refractivity contribution in [1.29, 1.82) is 0 Å². The van der Waals surface area contributed by atoms with Crippen molar-refractivity contribution in [3.8, 4) is 0 Å². The molecule has 1 saturated heterocycles. The number of nitrogens with zero attached hydrogens (tertiary/aromatic N) is 3. The average Bonchev–Trinajstić information content (AvgIpc) is 2.78. The summed E-state index contributed by atoms with van der Waals surface area (Å²) in [6.07, 6.45) is 6.04. The number of hydrogen-bond donors (Lipinski definition) is 1. The molecule has 1 unspecified atom stereocenters. The Bertz CT molecular complexity index is 345. The minimum Gasteiger partial charge on any atom is -0.356 e. The summed E-state index contributed by atoms with van der Waals surface area (Å²) in [5.74, 6) is 1.79. The summed E-state index contributed by atoms with van der Waals surface area (Å²) in [7, 11) is 0. The summed E-state index contributed by atoms with van der Waals surface area (Å²) in [6.45, 7) is 2.97. The second-order valence-electron chi connectivity index (χ2n) is 4.10. The first-order valence-electron chi connectivity index (χ1n) is 5.64. The Morgan fingerprint density at radius 2 is 2.44 bits per heavy atom. The van der Waals surface area contributed by atoms with Crippen LogP contribution in [0.15, 0.2) is 17.4 Å². The molecule has 0 saturated carbocycles. The third kappa shape index (κ3) is 2.65. The minimum absolute atomic E-state index is 0.734. The summed E-state index contributed by atoms with van der Waals surface area (Å²) in [6, 6.07) is 2.06.